The third-order valence-corrected chi connectivity index (χ3v) is 3.03. The molecule has 0 aliphatic carbocycles. The van der Waals surface area contributed by atoms with Crippen LogP contribution in [-0.2, 0) is 12.7 Å². The maximum atomic E-state index is 13.0. The van der Waals surface area contributed by atoms with Crippen LogP contribution in [0.15, 0.2) is 36.4 Å². The standard InChI is InChI=1S/C14H9ClF5N/c15-12-2-1-9(14(18,19)20)5-13(12)21-7-8-3-10(16)6-11(17)4-8/h1-6,21H,7H2. The molecule has 21 heavy (non-hydrogen) atoms. The number of anilines is 1. The van der Waals surface area contributed by atoms with E-state index in [1.165, 1.54) is 0 Å². The van der Waals surface area contributed by atoms with E-state index in [0.29, 0.717) is 6.07 Å². The minimum absolute atomic E-state index is 0.0381. The Bertz CT molecular complexity index is 634. The number of nitrogens with one attached hydrogen (secondary N) is 1. The molecule has 2 aromatic rings. The van der Waals surface area contributed by atoms with Crippen molar-refractivity contribution in [2.24, 2.45) is 0 Å². The zero-order valence-corrected chi connectivity index (χ0v) is 11.2. The third kappa shape index (κ3) is 4.07. The van der Waals surface area contributed by atoms with Crippen LogP contribution in [0, 0.1) is 11.6 Å². The SMILES string of the molecule is Fc1cc(F)cc(CNc2cc(C(F)(F)F)ccc2Cl)c1. The quantitative estimate of drug-likeness (QED) is 0.761. The predicted octanol–water partition coefficient (Wildman–Crippen LogP) is 5.25. The molecule has 0 aliphatic rings. The van der Waals surface area contributed by atoms with Crippen LogP contribution in [0.3, 0.4) is 0 Å². The molecular weight excluding hydrogens is 313 g/mol. The minimum Gasteiger partial charge on any atom is -0.380 e. The molecule has 112 valence electrons. The summed E-state index contributed by atoms with van der Waals surface area (Å²) >= 11 is 5.80. The maximum Gasteiger partial charge on any atom is 0.416 e. The zero-order valence-electron chi connectivity index (χ0n) is 10.4. The van der Waals surface area contributed by atoms with Crippen molar-refractivity contribution in [3.05, 3.63) is 64.2 Å². The van der Waals surface area contributed by atoms with Crippen molar-refractivity contribution in [1.82, 2.24) is 0 Å². The topological polar surface area (TPSA) is 12.0 Å². The average Bonchev–Trinajstić information content (AvgIpc) is 2.35. The number of benzene rings is 2. The van der Waals surface area contributed by atoms with E-state index in [9.17, 15) is 22.0 Å². The first-order valence-electron chi connectivity index (χ1n) is 5.81. The summed E-state index contributed by atoms with van der Waals surface area (Å²) in [7, 11) is 0. The number of hydrogen-bond acceptors (Lipinski definition) is 1. The number of rotatable bonds is 3. The van der Waals surface area contributed by atoms with E-state index in [4.69, 9.17) is 11.6 Å². The van der Waals surface area contributed by atoms with Crippen LogP contribution in [-0.4, -0.2) is 0 Å². The molecule has 0 aliphatic heterocycles. The Hall–Kier alpha value is -1.82. The van der Waals surface area contributed by atoms with Gasteiger partial charge in [0.25, 0.3) is 0 Å². The van der Waals surface area contributed by atoms with Crippen molar-refractivity contribution in [3.63, 3.8) is 0 Å². The van der Waals surface area contributed by atoms with Gasteiger partial charge in [-0.2, -0.15) is 13.2 Å². The molecule has 0 radical (unpaired) electrons. The molecule has 0 spiro atoms. The van der Waals surface area contributed by atoms with Crippen molar-refractivity contribution >= 4 is 17.3 Å². The van der Waals surface area contributed by atoms with Gasteiger partial charge < -0.3 is 5.32 Å². The van der Waals surface area contributed by atoms with Gasteiger partial charge in [-0.3, -0.25) is 0 Å². The Morgan fingerprint density at radius 3 is 2.14 bits per heavy atom. The second-order valence-corrected chi connectivity index (χ2v) is 4.73. The molecule has 0 fully saturated rings. The molecule has 0 saturated heterocycles. The molecule has 0 saturated carbocycles. The van der Waals surface area contributed by atoms with Crippen molar-refractivity contribution in [2.45, 2.75) is 12.7 Å². The van der Waals surface area contributed by atoms with E-state index >= 15 is 0 Å². The van der Waals surface area contributed by atoms with Gasteiger partial charge in [-0.05, 0) is 35.9 Å². The van der Waals surface area contributed by atoms with Crippen LogP contribution in [0.1, 0.15) is 11.1 Å². The zero-order chi connectivity index (χ0) is 15.6. The monoisotopic (exact) mass is 321 g/mol. The lowest BCUT2D eigenvalue weighted by atomic mass is 10.1. The summed E-state index contributed by atoms with van der Waals surface area (Å²) < 4.78 is 63.8. The van der Waals surface area contributed by atoms with E-state index < -0.39 is 23.4 Å². The lowest BCUT2D eigenvalue weighted by Crippen LogP contribution is -2.07. The molecule has 0 atom stereocenters. The van der Waals surface area contributed by atoms with E-state index in [1.807, 2.05) is 0 Å². The highest BCUT2D eigenvalue weighted by atomic mass is 35.5. The fraction of sp³-hybridized carbons (Fsp3) is 0.143. The van der Waals surface area contributed by atoms with Gasteiger partial charge in [-0.25, -0.2) is 8.78 Å². The first-order chi connectivity index (χ1) is 9.75. The average molecular weight is 322 g/mol. The van der Waals surface area contributed by atoms with E-state index in [-0.39, 0.29) is 22.8 Å². The van der Waals surface area contributed by atoms with Crippen LogP contribution < -0.4 is 5.32 Å². The number of alkyl halides is 3. The Labute approximate surface area is 122 Å². The van der Waals surface area contributed by atoms with Gasteiger partial charge in [-0.15, -0.1) is 0 Å². The van der Waals surface area contributed by atoms with Crippen molar-refractivity contribution in [3.8, 4) is 0 Å². The van der Waals surface area contributed by atoms with E-state index in [0.717, 1.165) is 30.3 Å². The summed E-state index contributed by atoms with van der Waals surface area (Å²) in [4.78, 5) is 0. The number of hydrogen-bond donors (Lipinski definition) is 1. The highest BCUT2D eigenvalue weighted by Crippen LogP contribution is 2.33. The summed E-state index contributed by atoms with van der Waals surface area (Å²) in [5, 5.41) is 2.71. The molecule has 2 aromatic carbocycles. The lowest BCUT2D eigenvalue weighted by Gasteiger charge is -2.12. The maximum absolute atomic E-state index is 13.0. The molecule has 0 unspecified atom stereocenters. The normalized spacial score (nSPS) is 11.5. The van der Waals surface area contributed by atoms with E-state index in [2.05, 4.69) is 5.32 Å². The molecule has 2 rings (SSSR count). The van der Waals surface area contributed by atoms with Gasteiger partial charge in [0, 0.05) is 12.6 Å². The van der Waals surface area contributed by atoms with Crippen LogP contribution in [0.4, 0.5) is 27.6 Å². The van der Waals surface area contributed by atoms with Crippen LogP contribution in [0.5, 0.6) is 0 Å². The van der Waals surface area contributed by atoms with Gasteiger partial charge >= 0.3 is 6.18 Å². The Morgan fingerprint density at radius 2 is 1.57 bits per heavy atom. The number of halogens is 6. The van der Waals surface area contributed by atoms with Gasteiger partial charge in [0.2, 0.25) is 0 Å². The first-order valence-corrected chi connectivity index (χ1v) is 6.19. The Morgan fingerprint density at radius 1 is 0.952 bits per heavy atom. The summed E-state index contributed by atoms with van der Waals surface area (Å²) in [6.07, 6.45) is -4.49. The molecule has 0 aromatic heterocycles. The highest BCUT2D eigenvalue weighted by Gasteiger charge is 2.30. The van der Waals surface area contributed by atoms with Gasteiger partial charge in [0.15, 0.2) is 0 Å². The highest BCUT2D eigenvalue weighted by molar-refractivity contribution is 6.33. The first kappa shape index (κ1) is 15.6. The molecule has 0 heterocycles. The second-order valence-electron chi connectivity index (χ2n) is 4.32. The molecule has 7 heteroatoms. The van der Waals surface area contributed by atoms with Crippen LogP contribution >= 0.6 is 11.6 Å². The summed E-state index contributed by atoms with van der Waals surface area (Å²) in [6, 6.07) is 5.68. The van der Waals surface area contributed by atoms with Crippen molar-refractivity contribution in [1.29, 1.82) is 0 Å². The Balaban J connectivity index is 2.19. The smallest absolute Gasteiger partial charge is 0.380 e. The second kappa shape index (κ2) is 5.89. The van der Waals surface area contributed by atoms with E-state index in [1.54, 1.807) is 0 Å². The van der Waals surface area contributed by atoms with Gasteiger partial charge in [0.1, 0.15) is 11.6 Å². The fourth-order valence-corrected chi connectivity index (χ4v) is 1.93. The van der Waals surface area contributed by atoms with Crippen molar-refractivity contribution in [2.75, 3.05) is 5.32 Å². The molecule has 1 nitrogen and oxygen atoms in total. The van der Waals surface area contributed by atoms with Crippen LogP contribution in [0.2, 0.25) is 5.02 Å². The third-order valence-electron chi connectivity index (χ3n) is 2.70. The van der Waals surface area contributed by atoms with Crippen LogP contribution in [0.25, 0.3) is 0 Å². The van der Waals surface area contributed by atoms with Crippen molar-refractivity contribution < 1.29 is 22.0 Å². The fourth-order valence-electron chi connectivity index (χ4n) is 1.75. The minimum atomic E-state index is -4.49. The molecular formula is C14H9ClF5N. The largest absolute Gasteiger partial charge is 0.416 e. The predicted molar refractivity (Wildman–Crippen MR) is 70.1 cm³/mol. The summed E-state index contributed by atoms with van der Waals surface area (Å²) in [5.74, 6) is -1.52. The molecule has 0 bridgehead atoms. The van der Waals surface area contributed by atoms with Gasteiger partial charge in [0.05, 0.1) is 16.3 Å². The Kier molecular flexibility index (Phi) is 4.37. The molecule has 0 amide bonds. The molecule has 1 N–H and O–H groups in total. The van der Waals surface area contributed by atoms with Gasteiger partial charge in [-0.1, -0.05) is 11.6 Å². The summed E-state index contributed by atoms with van der Waals surface area (Å²) in [5.41, 5.74) is -0.572. The summed E-state index contributed by atoms with van der Waals surface area (Å²) in [6.45, 7) is -0.0598. The lowest BCUT2D eigenvalue weighted by molar-refractivity contribution is -0.137.